The first-order valence-corrected chi connectivity index (χ1v) is 7.14. The minimum absolute atomic E-state index is 0.760. The van der Waals surface area contributed by atoms with Crippen molar-refractivity contribution >= 4 is 0 Å². The van der Waals surface area contributed by atoms with Crippen LogP contribution in [-0.2, 0) is 0 Å². The second-order valence-corrected chi connectivity index (χ2v) is 5.98. The summed E-state index contributed by atoms with van der Waals surface area (Å²) in [5, 5.41) is 3.86. The maximum Gasteiger partial charge on any atom is 0.0145 e. The predicted molar refractivity (Wildman–Crippen MR) is 72.1 cm³/mol. The van der Waals surface area contributed by atoms with E-state index in [-0.39, 0.29) is 0 Å². The lowest BCUT2D eigenvalue weighted by molar-refractivity contribution is 0.305. The second-order valence-electron chi connectivity index (χ2n) is 5.98. The largest absolute Gasteiger partial charge is 0.311 e. The minimum atomic E-state index is 0.760. The molecule has 2 saturated carbocycles. The fourth-order valence-electron chi connectivity index (χ4n) is 3.18. The van der Waals surface area contributed by atoms with Gasteiger partial charge in [-0.05, 0) is 43.6 Å². The SMILES string of the molecule is CC1CCC(N[C@@H]2CC2c2ccccc2)CC1. The Morgan fingerprint density at radius 2 is 1.71 bits per heavy atom. The highest BCUT2D eigenvalue weighted by Crippen LogP contribution is 2.41. The van der Waals surface area contributed by atoms with Gasteiger partial charge >= 0.3 is 0 Å². The van der Waals surface area contributed by atoms with Crippen LogP contribution in [0.15, 0.2) is 30.3 Å². The maximum absolute atomic E-state index is 3.86. The van der Waals surface area contributed by atoms with Crippen LogP contribution in [0.25, 0.3) is 0 Å². The molecule has 0 radical (unpaired) electrons. The first-order valence-electron chi connectivity index (χ1n) is 7.14. The zero-order chi connectivity index (χ0) is 11.7. The van der Waals surface area contributed by atoms with Gasteiger partial charge in [0.1, 0.15) is 0 Å². The molecule has 0 spiro atoms. The van der Waals surface area contributed by atoms with Gasteiger partial charge in [0.15, 0.2) is 0 Å². The van der Waals surface area contributed by atoms with Crippen molar-refractivity contribution in [3.05, 3.63) is 35.9 Å². The van der Waals surface area contributed by atoms with Gasteiger partial charge in [0.05, 0.1) is 0 Å². The summed E-state index contributed by atoms with van der Waals surface area (Å²) in [6.07, 6.45) is 6.95. The van der Waals surface area contributed by atoms with Crippen molar-refractivity contribution in [2.24, 2.45) is 5.92 Å². The summed E-state index contributed by atoms with van der Waals surface area (Å²) < 4.78 is 0. The smallest absolute Gasteiger partial charge is 0.0145 e. The molecular weight excluding hydrogens is 206 g/mol. The quantitative estimate of drug-likeness (QED) is 0.833. The van der Waals surface area contributed by atoms with Crippen LogP contribution in [0.3, 0.4) is 0 Å². The highest BCUT2D eigenvalue weighted by atomic mass is 15.0. The summed E-state index contributed by atoms with van der Waals surface area (Å²) in [5.41, 5.74) is 1.52. The summed E-state index contributed by atoms with van der Waals surface area (Å²) in [5.74, 6) is 1.74. The molecule has 3 rings (SSSR count). The lowest BCUT2D eigenvalue weighted by atomic mass is 9.87. The number of rotatable bonds is 3. The van der Waals surface area contributed by atoms with E-state index in [9.17, 15) is 0 Å². The Balaban J connectivity index is 1.49. The summed E-state index contributed by atoms with van der Waals surface area (Å²) in [6.45, 7) is 2.39. The Kier molecular flexibility index (Phi) is 3.19. The molecule has 2 atom stereocenters. The van der Waals surface area contributed by atoms with Crippen LogP contribution in [0, 0.1) is 5.92 Å². The summed E-state index contributed by atoms with van der Waals surface area (Å²) >= 11 is 0. The number of hydrogen-bond acceptors (Lipinski definition) is 1. The molecule has 0 heterocycles. The Bertz CT molecular complexity index is 351. The van der Waals surface area contributed by atoms with Gasteiger partial charge in [0, 0.05) is 18.0 Å². The van der Waals surface area contributed by atoms with Gasteiger partial charge in [-0.3, -0.25) is 0 Å². The van der Waals surface area contributed by atoms with Gasteiger partial charge in [-0.15, -0.1) is 0 Å². The van der Waals surface area contributed by atoms with Crippen molar-refractivity contribution < 1.29 is 0 Å². The van der Waals surface area contributed by atoms with Crippen LogP contribution in [-0.4, -0.2) is 12.1 Å². The van der Waals surface area contributed by atoms with Gasteiger partial charge in [-0.1, -0.05) is 37.3 Å². The minimum Gasteiger partial charge on any atom is -0.311 e. The fourth-order valence-corrected chi connectivity index (χ4v) is 3.18. The van der Waals surface area contributed by atoms with Gasteiger partial charge in [-0.2, -0.15) is 0 Å². The van der Waals surface area contributed by atoms with Crippen molar-refractivity contribution in [3.8, 4) is 0 Å². The van der Waals surface area contributed by atoms with Gasteiger partial charge in [0.25, 0.3) is 0 Å². The molecule has 1 heteroatoms. The summed E-state index contributed by atoms with van der Waals surface area (Å²) in [7, 11) is 0. The van der Waals surface area contributed by atoms with Gasteiger partial charge in [0.2, 0.25) is 0 Å². The number of nitrogens with one attached hydrogen (secondary N) is 1. The van der Waals surface area contributed by atoms with E-state index in [1.165, 1.54) is 37.7 Å². The molecular formula is C16H23N. The van der Waals surface area contributed by atoms with E-state index in [4.69, 9.17) is 0 Å². The predicted octanol–water partition coefficient (Wildman–Crippen LogP) is 3.71. The first-order chi connectivity index (χ1) is 8.33. The number of hydrogen-bond donors (Lipinski definition) is 1. The molecule has 1 unspecified atom stereocenters. The third kappa shape index (κ3) is 2.71. The van der Waals surface area contributed by atoms with Crippen molar-refractivity contribution in [2.45, 2.75) is 57.0 Å². The third-order valence-corrected chi connectivity index (χ3v) is 4.48. The van der Waals surface area contributed by atoms with Crippen molar-refractivity contribution in [2.75, 3.05) is 0 Å². The average Bonchev–Trinajstić information content (AvgIpc) is 3.13. The lowest BCUT2D eigenvalue weighted by Crippen LogP contribution is -2.34. The molecule has 1 N–H and O–H groups in total. The van der Waals surface area contributed by atoms with Crippen LogP contribution in [0.1, 0.15) is 50.5 Å². The normalized spacial score (nSPS) is 36.8. The first kappa shape index (κ1) is 11.3. The van der Waals surface area contributed by atoms with E-state index in [0.717, 1.165) is 23.9 Å². The van der Waals surface area contributed by atoms with E-state index in [0.29, 0.717) is 0 Å². The topological polar surface area (TPSA) is 12.0 Å². The van der Waals surface area contributed by atoms with Crippen molar-refractivity contribution in [1.29, 1.82) is 0 Å². The van der Waals surface area contributed by atoms with E-state index in [1.807, 2.05) is 0 Å². The zero-order valence-corrected chi connectivity index (χ0v) is 10.7. The molecule has 17 heavy (non-hydrogen) atoms. The Hall–Kier alpha value is -0.820. The molecule has 2 fully saturated rings. The van der Waals surface area contributed by atoms with E-state index >= 15 is 0 Å². The van der Waals surface area contributed by atoms with Crippen LogP contribution >= 0.6 is 0 Å². The molecule has 0 saturated heterocycles. The second kappa shape index (κ2) is 4.81. The van der Waals surface area contributed by atoms with Crippen LogP contribution in [0.5, 0.6) is 0 Å². The van der Waals surface area contributed by atoms with Crippen molar-refractivity contribution in [1.82, 2.24) is 5.32 Å². The standard InChI is InChI=1S/C16H23N/c1-12-7-9-14(10-8-12)17-16-11-15(16)13-5-3-2-4-6-13/h2-6,12,14-17H,7-11H2,1H3/t12?,14?,15?,16-/m1/s1. The Morgan fingerprint density at radius 3 is 2.41 bits per heavy atom. The van der Waals surface area contributed by atoms with Crippen LogP contribution in [0.2, 0.25) is 0 Å². The van der Waals surface area contributed by atoms with Gasteiger partial charge < -0.3 is 5.32 Å². The summed E-state index contributed by atoms with van der Waals surface area (Å²) in [4.78, 5) is 0. The molecule has 2 aliphatic carbocycles. The van der Waals surface area contributed by atoms with E-state index in [1.54, 1.807) is 0 Å². The summed E-state index contributed by atoms with van der Waals surface area (Å²) in [6, 6.07) is 12.5. The molecule has 1 nitrogen and oxygen atoms in total. The molecule has 1 aromatic carbocycles. The molecule has 0 amide bonds. The molecule has 0 aliphatic heterocycles. The fraction of sp³-hybridized carbons (Fsp3) is 0.625. The van der Waals surface area contributed by atoms with Crippen molar-refractivity contribution in [3.63, 3.8) is 0 Å². The molecule has 2 aliphatic rings. The monoisotopic (exact) mass is 229 g/mol. The maximum atomic E-state index is 3.86. The zero-order valence-electron chi connectivity index (χ0n) is 10.7. The number of benzene rings is 1. The molecule has 1 aromatic rings. The average molecular weight is 229 g/mol. The molecule has 92 valence electrons. The lowest BCUT2D eigenvalue weighted by Gasteiger charge is -2.27. The highest BCUT2D eigenvalue weighted by Gasteiger charge is 2.39. The van der Waals surface area contributed by atoms with Gasteiger partial charge in [-0.25, -0.2) is 0 Å². The molecule has 0 bridgehead atoms. The van der Waals surface area contributed by atoms with E-state index < -0.39 is 0 Å². The van der Waals surface area contributed by atoms with E-state index in [2.05, 4.69) is 42.6 Å². The third-order valence-electron chi connectivity index (χ3n) is 4.48. The molecule has 0 aromatic heterocycles. The van der Waals surface area contributed by atoms with Crippen LogP contribution in [0.4, 0.5) is 0 Å². The highest BCUT2D eigenvalue weighted by molar-refractivity contribution is 5.27. The Labute approximate surface area is 105 Å². The van der Waals surface area contributed by atoms with Crippen LogP contribution < -0.4 is 5.32 Å². The Morgan fingerprint density at radius 1 is 1.00 bits per heavy atom.